The van der Waals surface area contributed by atoms with Gasteiger partial charge in [-0.1, -0.05) is 51.6 Å². The zero-order chi connectivity index (χ0) is 15.3. The van der Waals surface area contributed by atoms with Crippen molar-refractivity contribution in [3.63, 3.8) is 0 Å². The lowest BCUT2D eigenvalue weighted by molar-refractivity contribution is -0.121. The molecule has 0 spiro atoms. The van der Waals surface area contributed by atoms with E-state index in [0.717, 1.165) is 0 Å². The summed E-state index contributed by atoms with van der Waals surface area (Å²) in [5.74, 6) is 0.693. The van der Waals surface area contributed by atoms with Crippen molar-refractivity contribution < 1.29 is 14.3 Å². The Labute approximate surface area is 122 Å². The number of rotatable bonds is 6. The van der Waals surface area contributed by atoms with Gasteiger partial charge in [-0.05, 0) is 30.8 Å². The molecule has 0 aliphatic carbocycles. The largest absolute Gasteiger partial charge is 0.403 e. The average Bonchev–Trinajstić information content (AvgIpc) is 2.24. The van der Waals surface area contributed by atoms with E-state index in [4.69, 9.17) is 4.43 Å². The number of carbonyl (C=O) groups excluding carboxylic acids is 1. The van der Waals surface area contributed by atoms with Crippen molar-refractivity contribution >= 4 is 25.2 Å². The van der Waals surface area contributed by atoms with E-state index in [1.807, 2.05) is 13.8 Å². The molecule has 0 aliphatic rings. The number of hydrogen-bond acceptors (Lipinski definition) is 4. The summed E-state index contributed by atoms with van der Waals surface area (Å²) in [7, 11) is -2.08. The molecule has 1 N–H and O–H groups in total. The lowest BCUT2D eigenvalue weighted by Crippen LogP contribution is -2.49. The van der Waals surface area contributed by atoms with Crippen molar-refractivity contribution in [2.75, 3.05) is 5.75 Å². The molecular formula is C14H28O3SSi. The number of aliphatic hydroxyl groups is 1. The molecule has 2 atom stereocenters. The van der Waals surface area contributed by atoms with E-state index in [2.05, 4.69) is 33.9 Å². The van der Waals surface area contributed by atoms with Crippen LogP contribution in [0.2, 0.25) is 18.1 Å². The maximum atomic E-state index is 12.1. The van der Waals surface area contributed by atoms with Crippen LogP contribution in [-0.4, -0.2) is 36.5 Å². The maximum absolute atomic E-state index is 12.1. The quantitative estimate of drug-likeness (QED) is 0.602. The summed E-state index contributed by atoms with van der Waals surface area (Å²) in [4.78, 5) is 12.1. The molecule has 0 aromatic rings. The minimum atomic E-state index is -2.08. The van der Waals surface area contributed by atoms with Gasteiger partial charge in [-0.25, -0.2) is 0 Å². The standard InChI is InChI=1S/C14H28O3SSi/c1-8-10-11(15)12(13(16)18-9-2)17-19(6,7)14(3,4)5/h8,10-12,15H,9H2,1-7H3/b10-8+/t11-,12+/m1/s1. The van der Waals surface area contributed by atoms with E-state index in [0.29, 0.717) is 5.75 Å². The molecule has 0 saturated heterocycles. The van der Waals surface area contributed by atoms with Crippen LogP contribution in [0, 0.1) is 0 Å². The van der Waals surface area contributed by atoms with Gasteiger partial charge in [-0.2, -0.15) is 0 Å². The maximum Gasteiger partial charge on any atom is 0.219 e. The molecule has 0 heterocycles. The third-order valence-electron chi connectivity index (χ3n) is 3.45. The smallest absolute Gasteiger partial charge is 0.219 e. The van der Waals surface area contributed by atoms with Crippen LogP contribution < -0.4 is 0 Å². The fraction of sp³-hybridized carbons (Fsp3) is 0.786. The monoisotopic (exact) mass is 304 g/mol. The molecule has 0 rings (SSSR count). The van der Waals surface area contributed by atoms with Gasteiger partial charge in [-0.15, -0.1) is 0 Å². The van der Waals surface area contributed by atoms with E-state index in [1.165, 1.54) is 11.8 Å². The van der Waals surface area contributed by atoms with Crippen LogP contribution in [0.25, 0.3) is 0 Å². The highest BCUT2D eigenvalue weighted by molar-refractivity contribution is 8.13. The fourth-order valence-electron chi connectivity index (χ4n) is 1.27. The first-order valence-corrected chi connectivity index (χ1v) is 10.6. The molecule has 112 valence electrons. The van der Waals surface area contributed by atoms with E-state index < -0.39 is 20.5 Å². The molecule has 0 unspecified atom stereocenters. The molecule has 5 heteroatoms. The normalized spacial score (nSPS) is 16.6. The molecule has 19 heavy (non-hydrogen) atoms. The van der Waals surface area contributed by atoms with Crippen LogP contribution in [0.3, 0.4) is 0 Å². The summed E-state index contributed by atoms with van der Waals surface area (Å²) in [6, 6.07) is 0. The second-order valence-electron chi connectivity index (χ2n) is 6.07. The second kappa shape index (κ2) is 7.62. The first kappa shape index (κ1) is 18.9. The van der Waals surface area contributed by atoms with Gasteiger partial charge >= 0.3 is 0 Å². The molecular weight excluding hydrogens is 276 g/mol. The minimum Gasteiger partial charge on any atom is -0.403 e. The van der Waals surface area contributed by atoms with Crippen molar-refractivity contribution in [2.24, 2.45) is 0 Å². The first-order chi connectivity index (χ1) is 8.56. The summed E-state index contributed by atoms with van der Waals surface area (Å²) < 4.78 is 6.10. The third kappa shape index (κ3) is 5.81. The topological polar surface area (TPSA) is 46.5 Å². The van der Waals surface area contributed by atoms with Crippen molar-refractivity contribution in [3.8, 4) is 0 Å². The summed E-state index contributed by atoms with van der Waals surface area (Å²) >= 11 is 1.21. The lowest BCUT2D eigenvalue weighted by Gasteiger charge is -2.39. The Balaban J connectivity index is 5.11. The molecule has 0 saturated carbocycles. The Morgan fingerprint density at radius 3 is 2.32 bits per heavy atom. The van der Waals surface area contributed by atoms with E-state index in [-0.39, 0.29) is 10.2 Å². The summed E-state index contributed by atoms with van der Waals surface area (Å²) in [5.41, 5.74) is 0. The zero-order valence-electron chi connectivity index (χ0n) is 13.2. The summed E-state index contributed by atoms with van der Waals surface area (Å²) in [6.45, 7) is 14.3. The summed E-state index contributed by atoms with van der Waals surface area (Å²) in [5, 5.41) is 10.0. The molecule has 0 aromatic carbocycles. The van der Waals surface area contributed by atoms with Gasteiger partial charge in [0.1, 0.15) is 12.2 Å². The van der Waals surface area contributed by atoms with Gasteiger partial charge in [0.15, 0.2) is 8.32 Å². The van der Waals surface area contributed by atoms with Crippen molar-refractivity contribution in [1.29, 1.82) is 0 Å². The SMILES string of the molecule is C/C=C/[C@@H](O)[C@H](O[Si](C)(C)C(C)(C)C)C(=O)SCC. The van der Waals surface area contributed by atoms with E-state index in [9.17, 15) is 9.90 Å². The Bertz CT molecular complexity index is 321. The zero-order valence-corrected chi connectivity index (χ0v) is 15.0. The van der Waals surface area contributed by atoms with Gasteiger partial charge in [0, 0.05) is 0 Å². The minimum absolute atomic E-state index is 0.0120. The van der Waals surface area contributed by atoms with E-state index >= 15 is 0 Å². The molecule has 0 aromatic heterocycles. The number of aliphatic hydroxyl groups excluding tert-OH is 1. The van der Waals surface area contributed by atoms with Crippen LogP contribution in [0.5, 0.6) is 0 Å². The number of carbonyl (C=O) groups is 1. The molecule has 0 aliphatic heterocycles. The molecule has 0 radical (unpaired) electrons. The first-order valence-electron chi connectivity index (χ1n) is 6.72. The Morgan fingerprint density at radius 2 is 1.95 bits per heavy atom. The second-order valence-corrected chi connectivity index (χ2v) is 12.1. The highest BCUT2D eigenvalue weighted by Crippen LogP contribution is 2.38. The Kier molecular flexibility index (Phi) is 7.58. The predicted octanol–water partition coefficient (Wildman–Crippen LogP) is 3.59. The Morgan fingerprint density at radius 1 is 1.42 bits per heavy atom. The number of allylic oxidation sites excluding steroid dienone is 1. The molecule has 0 fully saturated rings. The predicted molar refractivity (Wildman–Crippen MR) is 86.0 cm³/mol. The van der Waals surface area contributed by atoms with Gasteiger partial charge in [0.25, 0.3) is 0 Å². The fourth-order valence-corrected chi connectivity index (χ4v) is 3.23. The van der Waals surface area contributed by atoms with Gasteiger partial charge in [-0.3, -0.25) is 4.79 Å². The number of hydrogen-bond donors (Lipinski definition) is 1. The van der Waals surface area contributed by atoms with Gasteiger partial charge in [0.2, 0.25) is 5.12 Å². The van der Waals surface area contributed by atoms with E-state index in [1.54, 1.807) is 12.2 Å². The van der Waals surface area contributed by atoms with Crippen LogP contribution in [0.4, 0.5) is 0 Å². The highest BCUT2D eigenvalue weighted by Gasteiger charge is 2.42. The molecule has 3 nitrogen and oxygen atoms in total. The van der Waals surface area contributed by atoms with Gasteiger partial charge < -0.3 is 9.53 Å². The third-order valence-corrected chi connectivity index (χ3v) is 8.71. The van der Waals surface area contributed by atoms with Crippen LogP contribution in [0.1, 0.15) is 34.6 Å². The lowest BCUT2D eigenvalue weighted by atomic mass is 10.2. The van der Waals surface area contributed by atoms with Crippen molar-refractivity contribution in [1.82, 2.24) is 0 Å². The van der Waals surface area contributed by atoms with Crippen molar-refractivity contribution in [2.45, 2.75) is 65.0 Å². The van der Waals surface area contributed by atoms with Crippen molar-refractivity contribution in [3.05, 3.63) is 12.2 Å². The number of thioether (sulfide) groups is 1. The Hall–Kier alpha value is -0.103. The van der Waals surface area contributed by atoms with Crippen LogP contribution in [-0.2, 0) is 9.22 Å². The summed E-state index contributed by atoms with van der Waals surface area (Å²) in [6.07, 6.45) is 1.73. The van der Waals surface area contributed by atoms with Crippen LogP contribution >= 0.6 is 11.8 Å². The highest BCUT2D eigenvalue weighted by atomic mass is 32.2. The molecule has 0 amide bonds. The van der Waals surface area contributed by atoms with Gasteiger partial charge in [0.05, 0.1) is 0 Å². The van der Waals surface area contributed by atoms with Crippen LogP contribution in [0.15, 0.2) is 12.2 Å². The molecule has 0 bridgehead atoms. The average molecular weight is 305 g/mol.